The van der Waals surface area contributed by atoms with E-state index < -0.39 is 23.1 Å². The fourth-order valence-corrected chi connectivity index (χ4v) is 2.40. The van der Waals surface area contributed by atoms with E-state index in [2.05, 4.69) is 0 Å². The van der Waals surface area contributed by atoms with Crippen molar-refractivity contribution in [3.05, 3.63) is 58.0 Å². The van der Waals surface area contributed by atoms with Gasteiger partial charge in [-0.25, -0.2) is 0 Å². The molecule has 2 aromatic rings. The van der Waals surface area contributed by atoms with Crippen LogP contribution < -0.4 is 5.43 Å². The van der Waals surface area contributed by atoms with Crippen molar-refractivity contribution in [2.45, 2.75) is 11.9 Å². The molecule has 22 heavy (non-hydrogen) atoms. The van der Waals surface area contributed by atoms with Crippen LogP contribution in [0.2, 0.25) is 0 Å². The number of methoxy groups -OCH3 is 1. The largest absolute Gasteiger partial charge is 0.502 e. The lowest BCUT2D eigenvalue weighted by Crippen LogP contribution is -2.40. The second-order valence-electron chi connectivity index (χ2n) is 4.94. The zero-order chi connectivity index (χ0) is 15.9. The summed E-state index contributed by atoms with van der Waals surface area (Å²) in [5.74, 6) is -2.60. The molecule has 1 heterocycles. The number of aliphatic hydroxyl groups is 2. The van der Waals surface area contributed by atoms with Gasteiger partial charge in [0.2, 0.25) is 17.0 Å². The van der Waals surface area contributed by atoms with Crippen molar-refractivity contribution in [1.82, 2.24) is 0 Å². The molecule has 0 fully saturated rings. The highest BCUT2D eigenvalue weighted by molar-refractivity contribution is 5.67. The fraction of sp³-hybridized carbons (Fsp3) is 0.188. The molecular formula is C16H14O6. The van der Waals surface area contributed by atoms with Gasteiger partial charge in [0.25, 0.3) is 0 Å². The molecule has 1 aromatic carbocycles. The van der Waals surface area contributed by atoms with Gasteiger partial charge in [-0.05, 0) is 12.2 Å². The van der Waals surface area contributed by atoms with Crippen molar-refractivity contribution in [1.29, 1.82) is 0 Å². The summed E-state index contributed by atoms with van der Waals surface area (Å²) < 4.78 is 10.4. The molecule has 0 saturated heterocycles. The standard InChI is InChI=1S/C16H14O6/c1-21-16(20)8-7-10-11(15(16)19)12(17)13(18)14(22-10)9-5-3-2-4-6-9/h2-8,15,18-20H,1H3. The molecule has 0 saturated carbocycles. The van der Waals surface area contributed by atoms with Crippen LogP contribution in [0.5, 0.6) is 5.75 Å². The molecule has 6 nitrogen and oxygen atoms in total. The van der Waals surface area contributed by atoms with Crippen LogP contribution in [0.1, 0.15) is 17.4 Å². The third-order valence-corrected chi connectivity index (χ3v) is 3.65. The Morgan fingerprint density at radius 3 is 2.59 bits per heavy atom. The van der Waals surface area contributed by atoms with Crippen molar-refractivity contribution in [2.75, 3.05) is 7.11 Å². The van der Waals surface area contributed by atoms with Crippen molar-refractivity contribution >= 4 is 6.08 Å². The van der Waals surface area contributed by atoms with E-state index in [9.17, 15) is 20.1 Å². The van der Waals surface area contributed by atoms with Gasteiger partial charge in [-0.3, -0.25) is 4.79 Å². The molecule has 2 atom stereocenters. The maximum absolute atomic E-state index is 12.4. The van der Waals surface area contributed by atoms with Crippen molar-refractivity contribution in [3.8, 4) is 17.1 Å². The van der Waals surface area contributed by atoms with Crippen molar-refractivity contribution in [3.63, 3.8) is 0 Å². The lowest BCUT2D eigenvalue weighted by Gasteiger charge is -2.31. The van der Waals surface area contributed by atoms with E-state index in [1.54, 1.807) is 30.3 Å². The summed E-state index contributed by atoms with van der Waals surface area (Å²) in [5.41, 5.74) is -0.535. The van der Waals surface area contributed by atoms with Gasteiger partial charge in [0.1, 0.15) is 11.9 Å². The summed E-state index contributed by atoms with van der Waals surface area (Å²) in [6, 6.07) is 8.63. The van der Waals surface area contributed by atoms with E-state index in [4.69, 9.17) is 9.15 Å². The maximum atomic E-state index is 12.4. The quantitative estimate of drug-likeness (QED) is 0.725. The summed E-state index contributed by atoms with van der Waals surface area (Å²) in [6.07, 6.45) is 0.859. The first kappa shape index (κ1) is 14.5. The summed E-state index contributed by atoms with van der Waals surface area (Å²) in [5, 5.41) is 30.3. The minimum Gasteiger partial charge on any atom is -0.502 e. The van der Waals surface area contributed by atoms with E-state index in [1.165, 1.54) is 19.3 Å². The Morgan fingerprint density at radius 1 is 1.27 bits per heavy atom. The maximum Gasteiger partial charge on any atom is 0.233 e. The molecule has 2 unspecified atom stereocenters. The average molecular weight is 302 g/mol. The summed E-state index contributed by atoms with van der Waals surface area (Å²) in [7, 11) is 1.19. The van der Waals surface area contributed by atoms with Gasteiger partial charge in [0.15, 0.2) is 5.76 Å². The highest BCUT2D eigenvalue weighted by atomic mass is 16.6. The Balaban J connectivity index is 2.24. The van der Waals surface area contributed by atoms with Crippen LogP contribution in [0.25, 0.3) is 17.4 Å². The van der Waals surface area contributed by atoms with Crippen LogP contribution in [-0.4, -0.2) is 28.2 Å². The normalized spacial score (nSPS) is 23.3. The van der Waals surface area contributed by atoms with Crippen LogP contribution in [0.3, 0.4) is 0 Å². The van der Waals surface area contributed by atoms with E-state index in [-0.39, 0.29) is 17.1 Å². The number of aliphatic hydroxyl groups excluding tert-OH is 1. The molecule has 0 aliphatic heterocycles. The molecule has 3 N–H and O–H groups in total. The third-order valence-electron chi connectivity index (χ3n) is 3.65. The van der Waals surface area contributed by atoms with Gasteiger partial charge in [-0.2, -0.15) is 0 Å². The predicted molar refractivity (Wildman–Crippen MR) is 78.0 cm³/mol. The number of fused-ring (bicyclic) bond motifs is 1. The fourth-order valence-electron chi connectivity index (χ4n) is 2.40. The van der Waals surface area contributed by atoms with E-state index in [0.29, 0.717) is 5.56 Å². The van der Waals surface area contributed by atoms with Crippen LogP contribution in [0, 0.1) is 0 Å². The zero-order valence-electron chi connectivity index (χ0n) is 11.7. The number of ether oxygens (including phenoxy) is 1. The topological polar surface area (TPSA) is 100 Å². The SMILES string of the molecule is COC1(O)C=Cc2oc(-c3ccccc3)c(O)c(=O)c2C1O. The second kappa shape index (κ2) is 5.10. The number of benzene rings is 1. The minimum absolute atomic E-state index is 0.00376. The van der Waals surface area contributed by atoms with Gasteiger partial charge < -0.3 is 24.5 Å². The molecule has 1 aliphatic carbocycles. The molecule has 1 aliphatic rings. The van der Waals surface area contributed by atoms with E-state index in [0.717, 1.165) is 0 Å². The van der Waals surface area contributed by atoms with Crippen LogP contribution >= 0.6 is 0 Å². The molecule has 6 heteroatoms. The number of rotatable bonds is 2. The molecule has 114 valence electrons. The molecule has 0 radical (unpaired) electrons. The second-order valence-corrected chi connectivity index (χ2v) is 4.94. The molecule has 0 spiro atoms. The third kappa shape index (κ3) is 2.05. The Morgan fingerprint density at radius 2 is 1.95 bits per heavy atom. The van der Waals surface area contributed by atoms with Gasteiger partial charge in [-0.1, -0.05) is 30.3 Å². The molecule has 0 bridgehead atoms. The van der Waals surface area contributed by atoms with Crippen LogP contribution in [-0.2, 0) is 4.74 Å². The highest BCUT2D eigenvalue weighted by Gasteiger charge is 2.42. The van der Waals surface area contributed by atoms with Gasteiger partial charge in [-0.15, -0.1) is 0 Å². The minimum atomic E-state index is -2.04. The number of aromatic hydroxyl groups is 1. The predicted octanol–water partition coefficient (Wildman–Crippen LogP) is 1.41. The lowest BCUT2D eigenvalue weighted by molar-refractivity contribution is -0.212. The zero-order valence-corrected chi connectivity index (χ0v) is 11.7. The van der Waals surface area contributed by atoms with Gasteiger partial charge in [0.05, 0.1) is 5.56 Å². The highest BCUT2D eigenvalue weighted by Crippen LogP contribution is 2.38. The van der Waals surface area contributed by atoms with Crippen LogP contribution in [0.4, 0.5) is 0 Å². The molecule has 3 rings (SSSR count). The molecule has 0 amide bonds. The smallest absolute Gasteiger partial charge is 0.233 e. The Labute approximate surface area is 125 Å². The first-order valence-electron chi connectivity index (χ1n) is 6.58. The molecular weight excluding hydrogens is 288 g/mol. The number of hydrogen-bond acceptors (Lipinski definition) is 6. The number of hydrogen-bond donors (Lipinski definition) is 3. The summed E-state index contributed by atoms with van der Waals surface area (Å²) in [6.45, 7) is 0. The summed E-state index contributed by atoms with van der Waals surface area (Å²) >= 11 is 0. The monoisotopic (exact) mass is 302 g/mol. The van der Waals surface area contributed by atoms with E-state index in [1.807, 2.05) is 0 Å². The Kier molecular flexibility index (Phi) is 3.37. The Bertz CT molecular complexity index is 792. The average Bonchev–Trinajstić information content (AvgIpc) is 2.55. The van der Waals surface area contributed by atoms with Crippen molar-refractivity contribution < 1.29 is 24.5 Å². The van der Waals surface area contributed by atoms with Gasteiger partial charge in [0, 0.05) is 12.7 Å². The first-order valence-corrected chi connectivity index (χ1v) is 6.58. The van der Waals surface area contributed by atoms with E-state index >= 15 is 0 Å². The lowest BCUT2D eigenvalue weighted by atomic mass is 9.93. The van der Waals surface area contributed by atoms with Crippen molar-refractivity contribution in [2.24, 2.45) is 0 Å². The first-order chi connectivity index (χ1) is 10.5. The summed E-state index contributed by atoms with van der Waals surface area (Å²) in [4.78, 5) is 12.4. The molecule has 1 aromatic heterocycles. The Hall–Kier alpha value is -2.41. The van der Waals surface area contributed by atoms with Gasteiger partial charge >= 0.3 is 0 Å². The van der Waals surface area contributed by atoms with Crippen LogP contribution in [0.15, 0.2) is 45.6 Å².